The number of rotatable bonds is 6. The lowest BCUT2D eigenvalue weighted by atomic mass is 10.1. The van der Waals surface area contributed by atoms with Crippen molar-refractivity contribution in [3.63, 3.8) is 0 Å². The van der Waals surface area contributed by atoms with Crippen LogP contribution in [0, 0.1) is 0 Å². The summed E-state index contributed by atoms with van der Waals surface area (Å²) in [6, 6.07) is 6.99. The van der Waals surface area contributed by atoms with E-state index in [4.69, 9.17) is 14.6 Å². The van der Waals surface area contributed by atoms with Gasteiger partial charge in [0, 0.05) is 5.56 Å². The van der Waals surface area contributed by atoms with Gasteiger partial charge in [-0.15, -0.1) is 0 Å². The van der Waals surface area contributed by atoms with E-state index < -0.39 is 17.8 Å². The summed E-state index contributed by atoms with van der Waals surface area (Å²) >= 11 is 0. The number of carboxylic acids is 1. The summed E-state index contributed by atoms with van der Waals surface area (Å²) in [5.41, 5.74) is 4.77. The SMILES string of the molecule is COc1cc(-c2nc3cc4c(cc3[nH]2)CCC4)cc(OC)c1OC(F)(F)C(=O)O. The molecule has 29 heavy (non-hydrogen) atoms. The number of carbonyl (C=O) groups is 1. The van der Waals surface area contributed by atoms with Gasteiger partial charge in [-0.2, -0.15) is 8.78 Å². The Labute approximate surface area is 164 Å². The fourth-order valence-electron chi connectivity index (χ4n) is 3.51. The zero-order chi connectivity index (χ0) is 20.8. The largest absolute Gasteiger partial charge is 0.502 e. The Bertz CT molecular complexity index is 1040. The topological polar surface area (TPSA) is 93.7 Å². The molecule has 9 heteroatoms. The van der Waals surface area contributed by atoms with Gasteiger partial charge in [-0.3, -0.25) is 0 Å². The molecule has 3 aromatic rings. The fourth-order valence-corrected chi connectivity index (χ4v) is 3.51. The number of alkyl halides is 2. The van der Waals surface area contributed by atoms with E-state index in [0.717, 1.165) is 30.3 Å². The third kappa shape index (κ3) is 3.32. The molecule has 0 fully saturated rings. The third-order valence-corrected chi connectivity index (χ3v) is 4.91. The van der Waals surface area contributed by atoms with Crippen LogP contribution >= 0.6 is 0 Å². The molecule has 1 aliphatic rings. The summed E-state index contributed by atoms with van der Waals surface area (Å²) in [6.45, 7) is 0. The first-order valence-corrected chi connectivity index (χ1v) is 8.90. The molecule has 0 saturated carbocycles. The second-order valence-corrected chi connectivity index (χ2v) is 6.71. The normalized spacial score (nSPS) is 13.4. The van der Waals surface area contributed by atoms with E-state index in [1.807, 2.05) is 0 Å². The molecule has 152 valence electrons. The summed E-state index contributed by atoms with van der Waals surface area (Å²) in [7, 11) is 2.51. The lowest BCUT2D eigenvalue weighted by Crippen LogP contribution is -2.35. The Morgan fingerprint density at radius 2 is 1.72 bits per heavy atom. The van der Waals surface area contributed by atoms with Gasteiger partial charge in [0.05, 0.1) is 25.3 Å². The number of halogens is 2. The van der Waals surface area contributed by atoms with E-state index in [9.17, 15) is 13.6 Å². The Hall–Kier alpha value is -3.36. The van der Waals surface area contributed by atoms with Crippen molar-refractivity contribution in [2.45, 2.75) is 25.4 Å². The monoisotopic (exact) mass is 404 g/mol. The van der Waals surface area contributed by atoms with Crippen LogP contribution in [-0.2, 0) is 17.6 Å². The van der Waals surface area contributed by atoms with Crippen molar-refractivity contribution in [2.75, 3.05) is 14.2 Å². The number of fused-ring (bicyclic) bond motifs is 2. The zero-order valence-electron chi connectivity index (χ0n) is 15.7. The minimum atomic E-state index is -4.44. The van der Waals surface area contributed by atoms with Crippen LogP contribution in [0.5, 0.6) is 17.2 Å². The quantitative estimate of drug-likeness (QED) is 0.649. The predicted molar refractivity (Wildman–Crippen MR) is 99.9 cm³/mol. The van der Waals surface area contributed by atoms with Crippen LogP contribution in [0.4, 0.5) is 8.78 Å². The van der Waals surface area contributed by atoms with Crippen molar-refractivity contribution < 1.29 is 32.9 Å². The van der Waals surface area contributed by atoms with Crippen LogP contribution in [0.1, 0.15) is 17.5 Å². The van der Waals surface area contributed by atoms with Gasteiger partial charge in [0.25, 0.3) is 0 Å². The number of nitrogens with zero attached hydrogens (tertiary/aromatic N) is 1. The number of benzene rings is 2. The van der Waals surface area contributed by atoms with Crippen molar-refractivity contribution in [3.8, 4) is 28.6 Å². The molecule has 0 bridgehead atoms. The number of methoxy groups -OCH3 is 2. The molecule has 0 aliphatic heterocycles. The number of aryl methyl sites for hydroxylation is 2. The minimum Gasteiger partial charge on any atom is -0.493 e. The molecule has 1 aromatic heterocycles. The number of aliphatic carboxylic acids is 1. The highest BCUT2D eigenvalue weighted by molar-refractivity contribution is 5.82. The molecule has 0 radical (unpaired) electrons. The van der Waals surface area contributed by atoms with Gasteiger partial charge in [0.15, 0.2) is 11.5 Å². The first-order valence-electron chi connectivity index (χ1n) is 8.90. The van der Waals surface area contributed by atoms with E-state index >= 15 is 0 Å². The van der Waals surface area contributed by atoms with Crippen LogP contribution < -0.4 is 14.2 Å². The van der Waals surface area contributed by atoms with E-state index in [0.29, 0.717) is 11.4 Å². The van der Waals surface area contributed by atoms with E-state index in [2.05, 4.69) is 26.8 Å². The van der Waals surface area contributed by atoms with Gasteiger partial charge < -0.3 is 24.3 Å². The molecule has 1 aliphatic carbocycles. The fraction of sp³-hybridized carbons (Fsp3) is 0.300. The van der Waals surface area contributed by atoms with Crippen LogP contribution in [-0.4, -0.2) is 41.4 Å². The number of ether oxygens (including phenoxy) is 3. The predicted octanol–water partition coefficient (Wildman–Crippen LogP) is 3.79. The van der Waals surface area contributed by atoms with E-state index in [1.165, 1.54) is 37.5 Å². The molecule has 2 N–H and O–H groups in total. The molecule has 0 spiro atoms. The first-order chi connectivity index (χ1) is 13.8. The van der Waals surface area contributed by atoms with E-state index in [-0.39, 0.29) is 11.5 Å². The molecular weight excluding hydrogens is 386 g/mol. The minimum absolute atomic E-state index is 0.108. The number of carboxylic acid groups (broad SMARTS) is 1. The number of aromatic amines is 1. The molecular formula is C20H18F2N2O5. The number of nitrogens with one attached hydrogen (secondary N) is 1. The average molecular weight is 404 g/mol. The summed E-state index contributed by atoms with van der Waals surface area (Å²) in [6.07, 6.45) is -1.25. The number of hydrogen-bond donors (Lipinski definition) is 2. The third-order valence-electron chi connectivity index (χ3n) is 4.91. The summed E-state index contributed by atoms with van der Waals surface area (Å²) in [5.74, 6) is -2.65. The molecule has 0 saturated heterocycles. The number of hydrogen-bond acceptors (Lipinski definition) is 5. The van der Waals surface area contributed by atoms with Crippen molar-refractivity contribution >= 4 is 17.0 Å². The second-order valence-electron chi connectivity index (χ2n) is 6.71. The molecule has 4 rings (SSSR count). The highest BCUT2D eigenvalue weighted by Gasteiger charge is 2.44. The van der Waals surface area contributed by atoms with Gasteiger partial charge >= 0.3 is 12.1 Å². The zero-order valence-corrected chi connectivity index (χ0v) is 15.7. The molecule has 0 amide bonds. The maximum Gasteiger partial charge on any atom is 0.502 e. The van der Waals surface area contributed by atoms with Gasteiger partial charge in [-0.25, -0.2) is 9.78 Å². The van der Waals surface area contributed by atoms with Crippen LogP contribution in [0.15, 0.2) is 24.3 Å². The number of H-pyrrole nitrogens is 1. The van der Waals surface area contributed by atoms with Gasteiger partial charge in [-0.05, 0) is 54.7 Å². The van der Waals surface area contributed by atoms with Gasteiger partial charge in [-0.1, -0.05) is 0 Å². The van der Waals surface area contributed by atoms with E-state index in [1.54, 1.807) is 0 Å². The maximum absolute atomic E-state index is 13.6. The lowest BCUT2D eigenvalue weighted by molar-refractivity contribution is -0.211. The number of imidazole rings is 1. The Balaban J connectivity index is 1.79. The second kappa shape index (κ2) is 6.91. The summed E-state index contributed by atoms with van der Waals surface area (Å²) < 4.78 is 41.9. The van der Waals surface area contributed by atoms with Gasteiger partial charge in [0.2, 0.25) is 5.75 Å². The summed E-state index contributed by atoms with van der Waals surface area (Å²) in [5, 5.41) is 8.64. The molecule has 7 nitrogen and oxygen atoms in total. The van der Waals surface area contributed by atoms with Crippen molar-refractivity contribution in [1.82, 2.24) is 9.97 Å². The van der Waals surface area contributed by atoms with Crippen LogP contribution in [0.2, 0.25) is 0 Å². The Morgan fingerprint density at radius 1 is 1.10 bits per heavy atom. The lowest BCUT2D eigenvalue weighted by Gasteiger charge is -2.18. The molecule has 1 heterocycles. The van der Waals surface area contributed by atoms with Crippen molar-refractivity contribution in [2.24, 2.45) is 0 Å². The standard InChI is InChI=1S/C20H18F2N2O5/c1-27-15-8-12(9-16(28-2)17(15)29-20(21,22)19(25)26)18-23-13-6-10-4-3-5-11(10)7-14(13)24-18/h6-9H,3-5H2,1-2H3,(H,23,24)(H,25,26). The Morgan fingerprint density at radius 3 is 2.31 bits per heavy atom. The van der Waals surface area contributed by atoms with Crippen molar-refractivity contribution in [3.05, 3.63) is 35.4 Å². The van der Waals surface area contributed by atoms with Crippen LogP contribution in [0.25, 0.3) is 22.4 Å². The van der Waals surface area contributed by atoms with Gasteiger partial charge in [0.1, 0.15) is 5.82 Å². The van der Waals surface area contributed by atoms with Crippen molar-refractivity contribution in [1.29, 1.82) is 0 Å². The maximum atomic E-state index is 13.6. The molecule has 0 atom stereocenters. The summed E-state index contributed by atoms with van der Waals surface area (Å²) in [4.78, 5) is 18.5. The smallest absolute Gasteiger partial charge is 0.493 e. The highest BCUT2D eigenvalue weighted by Crippen LogP contribution is 2.43. The molecule has 0 unspecified atom stereocenters. The van der Waals surface area contributed by atoms with Crippen LogP contribution in [0.3, 0.4) is 0 Å². The number of aromatic nitrogens is 2. The average Bonchev–Trinajstić information content (AvgIpc) is 3.31. The Kier molecular flexibility index (Phi) is 4.52. The molecule has 2 aromatic carbocycles. The highest BCUT2D eigenvalue weighted by atomic mass is 19.3. The first kappa shape index (κ1) is 19.0.